The first-order chi connectivity index (χ1) is 10.2. The molecule has 1 aromatic carbocycles. The number of hydrogen-bond donors (Lipinski definition) is 1. The van der Waals surface area contributed by atoms with E-state index >= 15 is 0 Å². The van der Waals surface area contributed by atoms with E-state index in [1.54, 1.807) is 0 Å². The van der Waals surface area contributed by atoms with Crippen molar-refractivity contribution in [3.05, 3.63) is 29.3 Å². The van der Waals surface area contributed by atoms with Gasteiger partial charge in [0.1, 0.15) is 6.04 Å². The molecule has 4 nitrogen and oxygen atoms in total. The molecule has 1 N–H and O–H groups in total. The Morgan fingerprint density at radius 1 is 1.19 bits per heavy atom. The number of amides is 2. The van der Waals surface area contributed by atoms with Gasteiger partial charge in [-0.15, -0.1) is 0 Å². The molecule has 1 atom stereocenters. The van der Waals surface area contributed by atoms with Gasteiger partial charge in [0, 0.05) is 18.7 Å². The van der Waals surface area contributed by atoms with Crippen molar-refractivity contribution in [1.82, 2.24) is 5.32 Å². The Hall–Kier alpha value is -1.84. The molecule has 4 heteroatoms. The number of fused-ring (bicyclic) bond motifs is 1. The maximum atomic E-state index is 12.7. The monoisotopic (exact) mass is 286 g/mol. The first-order valence-electron chi connectivity index (χ1n) is 7.92. The number of carbonyl (C=O) groups excluding carboxylic acids is 2. The van der Waals surface area contributed by atoms with Gasteiger partial charge in [-0.25, -0.2) is 0 Å². The molecule has 3 rings (SSSR count). The molecule has 1 heterocycles. The zero-order chi connectivity index (χ0) is 14.8. The number of benzene rings is 1. The molecule has 1 fully saturated rings. The molecule has 1 unspecified atom stereocenters. The molecular weight excluding hydrogens is 264 g/mol. The quantitative estimate of drug-likeness (QED) is 0.906. The van der Waals surface area contributed by atoms with Crippen molar-refractivity contribution >= 4 is 17.5 Å². The van der Waals surface area contributed by atoms with Crippen LogP contribution in [0.15, 0.2) is 18.2 Å². The van der Waals surface area contributed by atoms with Crippen LogP contribution in [0.1, 0.15) is 43.7 Å². The molecule has 0 aromatic heterocycles. The van der Waals surface area contributed by atoms with E-state index in [0.29, 0.717) is 19.4 Å². The van der Waals surface area contributed by atoms with Gasteiger partial charge < -0.3 is 10.2 Å². The van der Waals surface area contributed by atoms with Crippen LogP contribution in [-0.2, 0) is 22.4 Å². The second-order valence-electron chi connectivity index (χ2n) is 5.89. The highest BCUT2D eigenvalue weighted by Gasteiger charge is 2.31. The molecule has 112 valence electrons. The normalized spacial score (nSPS) is 22.5. The summed E-state index contributed by atoms with van der Waals surface area (Å²) in [6, 6.07) is 5.85. The second kappa shape index (κ2) is 5.88. The molecule has 0 radical (unpaired) electrons. The van der Waals surface area contributed by atoms with Crippen LogP contribution in [0.3, 0.4) is 0 Å². The summed E-state index contributed by atoms with van der Waals surface area (Å²) in [7, 11) is 0. The molecule has 2 aliphatic rings. The predicted molar refractivity (Wildman–Crippen MR) is 82.3 cm³/mol. The highest BCUT2D eigenvalue weighted by Crippen LogP contribution is 2.31. The van der Waals surface area contributed by atoms with Crippen molar-refractivity contribution in [2.24, 2.45) is 0 Å². The van der Waals surface area contributed by atoms with Crippen LogP contribution in [0.2, 0.25) is 0 Å². The first-order valence-corrected chi connectivity index (χ1v) is 7.92. The molecule has 1 aliphatic heterocycles. The summed E-state index contributed by atoms with van der Waals surface area (Å²) in [4.78, 5) is 26.3. The Morgan fingerprint density at radius 2 is 2.00 bits per heavy atom. The molecule has 0 spiro atoms. The molecule has 0 saturated carbocycles. The van der Waals surface area contributed by atoms with E-state index in [2.05, 4.69) is 11.4 Å². The number of nitrogens with one attached hydrogen (secondary N) is 1. The second-order valence-corrected chi connectivity index (χ2v) is 5.89. The summed E-state index contributed by atoms with van der Waals surface area (Å²) in [5, 5.41) is 2.83. The smallest absolute Gasteiger partial charge is 0.249 e. The van der Waals surface area contributed by atoms with Crippen molar-refractivity contribution in [2.45, 2.75) is 51.5 Å². The third-order valence-corrected chi connectivity index (χ3v) is 4.53. The minimum Gasteiger partial charge on any atom is -0.344 e. The van der Waals surface area contributed by atoms with Gasteiger partial charge in [0.15, 0.2) is 0 Å². The van der Waals surface area contributed by atoms with Crippen LogP contribution in [-0.4, -0.2) is 24.4 Å². The largest absolute Gasteiger partial charge is 0.344 e. The number of nitrogens with zero attached hydrogens (tertiary/aromatic N) is 1. The minimum atomic E-state index is -0.389. The highest BCUT2D eigenvalue weighted by atomic mass is 16.2. The number of rotatable bonds is 2. The standard InChI is InChI=1S/C17H22N2O2/c1-2-14-17(21)19(11-10-16(20)18-14)15-9-5-7-12-6-3-4-8-13(12)15/h5,7,9,14H,2-4,6,8,10-11H2,1H3,(H,18,20). The van der Waals surface area contributed by atoms with E-state index in [-0.39, 0.29) is 17.9 Å². The van der Waals surface area contributed by atoms with Crippen molar-refractivity contribution in [3.8, 4) is 0 Å². The molecule has 1 aromatic rings. The average Bonchev–Trinajstić information content (AvgIpc) is 2.66. The number of aryl methyl sites for hydroxylation is 1. The van der Waals surface area contributed by atoms with Crippen LogP contribution >= 0.6 is 0 Å². The SMILES string of the molecule is CCC1NC(=O)CCN(c2cccc3c2CCCC3)C1=O. The minimum absolute atomic E-state index is 0.0255. The maximum Gasteiger partial charge on any atom is 0.249 e. The molecule has 1 saturated heterocycles. The number of anilines is 1. The van der Waals surface area contributed by atoms with E-state index in [1.807, 2.05) is 24.0 Å². The summed E-state index contributed by atoms with van der Waals surface area (Å²) in [5.41, 5.74) is 3.69. The Kier molecular flexibility index (Phi) is 3.95. The lowest BCUT2D eigenvalue weighted by Crippen LogP contribution is -2.44. The molecule has 0 bridgehead atoms. The summed E-state index contributed by atoms with van der Waals surface area (Å²) < 4.78 is 0. The fourth-order valence-corrected chi connectivity index (χ4v) is 3.37. The fourth-order valence-electron chi connectivity index (χ4n) is 3.37. The van der Waals surface area contributed by atoms with E-state index < -0.39 is 0 Å². The Morgan fingerprint density at radius 3 is 2.81 bits per heavy atom. The Labute approximate surface area is 125 Å². The van der Waals surface area contributed by atoms with Gasteiger partial charge in [-0.2, -0.15) is 0 Å². The lowest BCUT2D eigenvalue weighted by Gasteiger charge is -2.28. The van der Waals surface area contributed by atoms with E-state index in [1.165, 1.54) is 24.0 Å². The summed E-state index contributed by atoms with van der Waals surface area (Å²) in [6.07, 6.45) is 5.55. The summed E-state index contributed by atoms with van der Waals surface area (Å²) >= 11 is 0. The van der Waals surface area contributed by atoms with Crippen LogP contribution in [0, 0.1) is 0 Å². The molecule has 2 amide bonds. The fraction of sp³-hybridized carbons (Fsp3) is 0.529. The topological polar surface area (TPSA) is 49.4 Å². The van der Waals surface area contributed by atoms with Gasteiger partial charge in [0.05, 0.1) is 0 Å². The zero-order valence-corrected chi connectivity index (χ0v) is 12.5. The van der Waals surface area contributed by atoms with Gasteiger partial charge in [0.25, 0.3) is 0 Å². The Bertz CT molecular complexity index is 568. The van der Waals surface area contributed by atoms with Crippen LogP contribution in [0.5, 0.6) is 0 Å². The Balaban J connectivity index is 1.98. The third-order valence-electron chi connectivity index (χ3n) is 4.53. The van der Waals surface area contributed by atoms with Gasteiger partial charge >= 0.3 is 0 Å². The van der Waals surface area contributed by atoms with E-state index in [9.17, 15) is 9.59 Å². The van der Waals surface area contributed by atoms with Crippen LogP contribution < -0.4 is 10.2 Å². The van der Waals surface area contributed by atoms with Crippen LogP contribution in [0.4, 0.5) is 5.69 Å². The lowest BCUT2D eigenvalue weighted by molar-refractivity contribution is -0.125. The highest BCUT2D eigenvalue weighted by molar-refractivity contribution is 6.01. The molecular formula is C17H22N2O2. The van der Waals surface area contributed by atoms with Gasteiger partial charge in [0.2, 0.25) is 11.8 Å². The number of hydrogen-bond acceptors (Lipinski definition) is 2. The van der Waals surface area contributed by atoms with Gasteiger partial charge in [-0.3, -0.25) is 9.59 Å². The maximum absolute atomic E-state index is 12.7. The van der Waals surface area contributed by atoms with Gasteiger partial charge in [-0.05, 0) is 49.3 Å². The van der Waals surface area contributed by atoms with Gasteiger partial charge in [-0.1, -0.05) is 19.1 Å². The number of carbonyl (C=O) groups is 2. The van der Waals surface area contributed by atoms with Crippen molar-refractivity contribution in [2.75, 3.05) is 11.4 Å². The van der Waals surface area contributed by atoms with E-state index in [0.717, 1.165) is 18.5 Å². The predicted octanol–water partition coefficient (Wildman–Crippen LogP) is 2.20. The molecule has 1 aliphatic carbocycles. The van der Waals surface area contributed by atoms with Crippen molar-refractivity contribution in [1.29, 1.82) is 0 Å². The molecule has 21 heavy (non-hydrogen) atoms. The van der Waals surface area contributed by atoms with Crippen molar-refractivity contribution < 1.29 is 9.59 Å². The summed E-state index contributed by atoms with van der Waals surface area (Å²) in [6.45, 7) is 2.42. The first kappa shape index (κ1) is 14.1. The average molecular weight is 286 g/mol. The summed E-state index contributed by atoms with van der Waals surface area (Å²) in [5.74, 6) is 0.00447. The zero-order valence-electron chi connectivity index (χ0n) is 12.5. The van der Waals surface area contributed by atoms with E-state index in [4.69, 9.17) is 0 Å². The lowest BCUT2D eigenvalue weighted by atomic mass is 9.90. The third kappa shape index (κ3) is 2.67. The van der Waals surface area contributed by atoms with Crippen molar-refractivity contribution in [3.63, 3.8) is 0 Å². The van der Waals surface area contributed by atoms with Crippen LogP contribution in [0.25, 0.3) is 0 Å².